The first kappa shape index (κ1) is 27.0. The maximum atomic E-state index is 8.37. The Bertz CT molecular complexity index is 1680. The molecule has 6 rings (SSSR count). The summed E-state index contributed by atoms with van der Waals surface area (Å²) in [5.74, 6) is -1.28. The van der Waals surface area contributed by atoms with Crippen molar-refractivity contribution < 1.29 is 4.74 Å². The summed E-state index contributed by atoms with van der Waals surface area (Å²) in [5, 5.41) is 4.22. The molecule has 204 valence electrons. The van der Waals surface area contributed by atoms with Crippen LogP contribution in [0.25, 0.3) is 10.9 Å². The zero-order chi connectivity index (χ0) is 28.3. The van der Waals surface area contributed by atoms with E-state index in [-0.39, 0.29) is 0 Å². The van der Waals surface area contributed by atoms with E-state index in [0.717, 1.165) is 44.1 Å². The van der Waals surface area contributed by atoms with Crippen molar-refractivity contribution in [2.75, 3.05) is 19.1 Å². The normalized spacial score (nSPS) is 12.4. The van der Waals surface area contributed by atoms with Gasteiger partial charge in [0.25, 0.3) is 0 Å². The Morgan fingerprint density at radius 2 is 1.12 bits per heavy atom. The van der Waals surface area contributed by atoms with E-state index in [1.165, 1.54) is 0 Å². The van der Waals surface area contributed by atoms with Gasteiger partial charge in [0.1, 0.15) is 0 Å². The molecule has 0 aliphatic carbocycles. The number of hydrogen-bond donors (Lipinski definition) is 0. The van der Waals surface area contributed by atoms with Crippen LogP contribution in [0.3, 0.4) is 0 Å². The molecule has 4 nitrogen and oxygen atoms in total. The molecule has 1 heterocycles. The van der Waals surface area contributed by atoms with Gasteiger partial charge in [-0.1, -0.05) is 0 Å². The minimum atomic E-state index is -3.62. The van der Waals surface area contributed by atoms with Crippen LogP contribution in [0.5, 0.6) is 5.75 Å². The van der Waals surface area contributed by atoms with E-state index in [4.69, 9.17) is 25.9 Å². The van der Waals surface area contributed by atoms with Crippen LogP contribution in [0.2, 0.25) is 0 Å². The second kappa shape index (κ2) is 11.0. The van der Waals surface area contributed by atoms with E-state index in [0.29, 0.717) is 12.0 Å². The predicted molar refractivity (Wildman–Crippen MR) is 175 cm³/mol. The molecule has 0 fully saturated rings. The number of rotatable bonds is 8. The molecule has 0 atom stereocenters. The Hall–Kier alpha value is -4.24. The minimum absolute atomic E-state index is 0.458. The zero-order valence-corrected chi connectivity index (χ0v) is 24.7. The molecule has 0 unspecified atom stereocenters. The average Bonchev–Trinajstić information content (AvgIpc) is 3.05. The Labute approximate surface area is 246 Å². The van der Waals surface area contributed by atoms with Gasteiger partial charge in [-0.15, -0.1) is 0 Å². The van der Waals surface area contributed by atoms with Crippen molar-refractivity contribution in [1.82, 2.24) is 9.97 Å². The van der Waals surface area contributed by atoms with E-state index >= 15 is 0 Å². The standard InChI is InChI=1S/C35H31ClN3OP/c1-39(27-22-24-28(40-2)25-23-27)35-32-20-12-13-21-33(32)37-34(38-35)26-41(36,29-14-6-3-7-15-29,30-16-8-4-9-17-30)31-18-10-5-11-19-31/h3-25H,26H2,1-2H3. The third-order valence-corrected chi connectivity index (χ3v) is 14.8. The van der Waals surface area contributed by atoms with E-state index in [1.807, 2.05) is 67.7 Å². The summed E-state index contributed by atoms with van der Waals surface area (Å²) in [6.07, 6.45) is 0.458. The maximum absolute atomic E-state index is 8.37. The molecule has 0 bridgehead atoms. The molecule has 0 radical (unpaired) electrons. The summed E-state index contributed by atoms with van der Waals surface area (Å²) >= 11 is 8.37. The van der Waals surface area contributed by atoms with Gasteiger partial charge in [0.15, 0.2) is 0 Å². The van der Waals surface area contributed by atoms with Crippen LogP contribution in [-0.4, -0.2) is 24.1 Å². The number of anilines is 2. The summed E-state index contributed by atoms with van der Waals surface area (Å²) in [4.78, 5) is 12.5. The first-order valence-corrected chi connectivity index (χ1v) is 16.9. The Kier molecular flexibility index (Phi) is 7.21. The Morgan fingerprint density at radius 3 is 1.63 bits per heavy atom. The van der Waals surface area contributed by atoms with Crippen LogP contribution >= 0.6 is 17.2 Å². The molecule has 0 aliphatic heterocycles. The molecule has 6 aromatic rings. The van der Waals surface area contributed by atoms with Crippen molar-refractivity contribution in [3.63, 3.8) is 0 Å². The molecule has 0 saturated heterocycles. The third-order valence-electron chi connectivity index (χ3n) is 7.73. The fourth-order valence-corrected chi connectivity index (χ4v) is 11.4. The number of hydrogen-bond acceptors (Lipinski definition) is 4. The number of nitrogens with zero attached hydrogens (tertiary/aromatic N) is 3. The number of halogens is 1. The second-order valence-corrected chi connectivity index (χ2v) is 16.6. The van der Waals surface area contributed by atoms with Gasteiger partial charge >= 0.3 is 247 Å². The van der Waals surface area contributed by atoms with Gasteiger partial charge in [-0.25, -0.2) is 0 Å². The number of benzene rings is 5. The van der Waals surface area contributed by atoms with Crippen LogP contribution in [0.4, 0.5) is 11.5 Å². The number of fused-ring (bicyclic) bond motifs is 1. The molecule has 1 aromatic heterocycles. The number of methoxy groups -OCH3 is 1. The molecule has 0 amide bonds. The van der Waals surface area contributed by atoms with Gasteiger partial charge < -0.3 is 0 Å². The monoisotopic (exact) mass is 575 g/mol. The fourth-order valence-electron chi connectivity index (χ4n) is 5.56. The summed E-state index contributed by atoms with van der Waals surface area (Å²) in [7, 11) is 3.71. The van der Waals surface area contributed by atoms with Gasteiger partial charge in [-0.3, -0.25) is 0 Å². The molecule has 0 spiro atoms. The van der Waals surface area contributed by atoms with Crippen LogP contribution < -0.4 is 25.6 Å². The quantitative estimate of drug-likeness (QED) is 0.175. The molecule has 6 heteroatoms. The SMILES string of the molecule is COc1ccc(N(C)c2nc(CP(Cl)(c3ccccc3)(c3ccccc3)c3ccccc3)nc3ccccc23)cc1. The molecule has 0 saturated carbocycles. The van der Waals surface area contributed by atoms with Crippen molar-refractivity contribution in [3.05, 3.63) is 145 Å². The van der Waals surface area contributed by atoms with Crippen molar-refractivity contribution >= 4 is 55.5 Å². The zero-order valence-electron chi connectivity index (χ0n) is 23.1. The first-order valence-electron chi connectivity index (χ1n) is 13.5. The van der Waals surface area contributed by atoms with Crippen LogP contribution in [-0.2, 0) is 6.16 Å². The summed E-state index contributed by atoms with van der Waals surface area (Å²) in [6.45, 7) is 0. The second-order valence-electron chi connectivity index (χ2n) is 10.1. The third kappa shape index (κ3) is 4.74. The topological polar surface area (TPSA) is 38.2 Å². The van der Waals surface area contributed by atoms with Crippen molar-refractivity contribution in [2.45, 2.75) is 6.16 Å². The van der Waals surface area contributed by atoms with E-state index < -0.39 is 5.96 Å². The predicted octanol–water partition coefficient (Wildman–Crippen LogP) is 7.59. The van der Waals surface area contributed by atoms with Crippen LogP contribution in [0.1, 0.15) is 5.82 Å². The first-order chi connectivity index (χ1) is 20.0. The number of aromatic nitrogens is 2. The molecule has 0 aliphatic rings. The summed E-state index contributed by atoms with van der Waals surface area (Å²) < 4.78 is 5.38. The molecule has 0 N–H and O–H groups in total. The van der Waals surface area contributed by atoms with E-state index in [9.17, 15) is 0 Å². The Balaban J connectivity index is 1.60. The van der Waals surface area contributed by atoms with E-state index in [2.05, 4.69) is 83.8 Å². The summed E-state index contributed by atoms with van der Waals surface area (Å²) in [5.41, 5.74) is 1.88. The summed E-state index contributed by atoms with van der Waals surface area (Å²) in [6, 6.07) is 47.5. The molecular formula is C35H31ClN3OP. The van der Waals surface area contributed by atoms with E-state index in [1.54, 1.807) is 7.11 Å². The van der Waals surface area contributed by atoms with Crippen LogP contribution in [0, 0.1) is 0 Å². The average molecular weight is 576 g/mol. The van der Waals surface area contributed by atoms with Gasteiger partial charge in [0.2, 0.25) is 0 Å². The van der Waals surface area contributed by atoms with Crippen molar-refractivity contribution in [3.8, 4) is 5.75 Å². The van der Waals surface area contributed by atoms with Crippen LogP contribution in [0.15, 0.2) is 140 Å². The molecule has 5 aromatic carbocycles. The number of ether oxygens (including phenoxy) is 1. The number of para-hydroxylation sites is 1. The van der Waals surface area contributed by atoms with Crippen molar-refractivity contribution in [1.29, 1.82) is 0 Å². The van der Waals surface area contributed by atoms with Gasteiger partial charge in [0, 0.05) is 0 Å². The van der Waals surface area contributed by atoms with Gasteiger partial charge in [-0.05, 0) is 0 Å². The molecule has 41 heavy (non-hydrogen) atoms. The van der Waals surface area contributed by atoms with Gasteiger partial charge in [0.05, 0.1) is 0 Å². The Morgan fingerprint density at radius 1 is 0.634 bits per heavy atom. The molecular weight excluding hydrogens is 545 g/mol. The van der Waals surface area contributed by atoms with Crippen molar-refractivity contribution in [2.24, 2.45) is 0 Å². The fraction of sp³-hybridized carbons (Fsp3) is 0.0857. The van der Waals surface area contributed by atoms with Gasteiger partial charge in [-0.2, -0.15) is 0 Å².